The van der Waals surface area contributed by atoms with E-state index >= 15 is 0 Å². The van der Waals surface area contributed by atoms with E-state index in [1.807, 2.05) is 0 Å². The first kappa shape index (κ1) is 14.5. The number of alkyl halides is 3. The molecule has 0 aliphatic carbocycles. The molecular formula is C9H10ClF3N4O. The fraction of sp³-hybridized carbons (Fsp3) is 0.444. The molecule has 0 saturated carbocycles. The lowest BCUT2D eigenvalue weighted by molar-refractivity contribution is -0.137. The van der Waals surface area contributed by atoms with Crippen molar-refractivity contribution in [1.29, 1.82) is 0 Å². The van der Waals surface area contributed by atoms with Crippen molar-refractivity contribution < 1.29 is 18.0 Å². The van der Waals surface area contributed by atoms with E-state index < -0.39 is 17.6 Å². The highest BCUT2D eigenvalue weighted by Gasteiger charge is 2.35. The summed E-state index contributed by atoms with van der Waals surface area (Å²) in [7, 11) is 0. The maximum Gasteiger partial charge on any atom is 0.421 e. The average molecular weight is 283 g/mol. The van der Waals surface area contributed by atoms with Gasteiger partial charge in [-0.1, -0.05) is 0 Å². The number of hydrogen-bond donors (Lipinski definition) is 2. The van der Waals surface area contributed by atoms with E-state index in [9.17, 15) is 18.0 Å². The van der Waals surface area contributed by atoms with Crippen LogP contribution in [0.15, 0.2) is 6.20 Å². The van der Waals surface area contributed by atoms with Crippen molar-refractivity contribution in [1.82, 2.24) is 15.3 Å². The molecule has 0 aliphatic heterocycles. The molecule has 9 heteroatoms. The standard InChI is InChI=1S/C9H10ClF3N4O/c1-5(18)14-2-3-15-7-6(9(11,12)13)4-16-8(10)17-7/h4H,2-3H2,1H3,(H,14,18)(H,15,16,17). The lowest BCUT2D eigenvalue weighted by atomic mass is 10.3. The number of amides is 1. The minimum Gasteiger partial charge on any atom is -0.368 e. The first-order valence-electron chi connectivity index (χ1n) is 4.88. The van der Waals surface area contributed by atoms with Gasteiger partial charge in [-0.15, -0.1) is 0 Å². The van der Waals surface area contributed by atoms with Gasteiger partial charge in [0.2, 0.25) is 11.2 Å². The van der Waals surface area contributed by atoms with Gasteiger partial charge in [0, 0.05) is 26.2 Å². The summed E-state index contributed by atoms with van der Waals surface area (Å²) in [6.45, 7) is 1.58. The summed E-state index contributed by atoms with van der Waals surface area (Å²) in [5.41, 5.74) is -1.00. The molecule has 1 heterocycles. The molecule has 18 heavy (non-hydrogen) atoms. The van der Waals surface area contributed by atoms with Gasteiger partial charge in [-0.25, -0.2) is 9.97 Å². The Labute approximate surface area is 106 Å². The molecule has 2 N–H and O–H groups in total. The van der Waals surface area contributed by atoms with Crippen molar-refractivity contribution in [3.63, 3.8) is 0 Å². The summed E-state index contributed by atoms with van der Waals surface area (Å²) >= 11 is 5.43. The molecular weight excluding hydrogens is 273 g/mol. The number of nitrogens with one attached hydrogen (secondary N) is 2. The van der Waals surface area contributed by atoms with Crippen LogP contribution in [-0.4, -0.2) is 29.0 Å². The highest BCUT2D eigenvalue weighted by Crippen LogP contribution is 2.33. The molecule has 0 fully saturated rings. The van der Waals surface area contributed by atoms with E-state index in [1.54, 1.807) is 0 Å². The van der Waals surface area contributed by atoms with Gasteiger partial charge in [0.25, 0.3) is 0 Å². The second-order valence-corrected chi connectivity index (χ2v) is 3.65. The zero-order chi connectivity index (χ0) is 13.8. The monoisotopic (exact) mass is 282 g/mol. The summed E-state index contributed by atoms with van der Waals surface area (Å²) in [5, 5.41) is 4.59. The number of carbonyl (C=O) groups excluding carboxylic acids is 1. The van der Waals surface area contributed by atoms with Crippen LogP contribution in [0.3, 0.4) is 0 Å². The SMILES string of the molecule is CC(=O)NCCNc1nc(Cl)ncc1C(F)(F)F. The fourth-order valence-corrected chi connectivity index (χ4v) is 1.26. The topological polar surface area (TPSA) is 66.9 Å². The molecule has 0 aliphatic rings. The van der Waals surface area contributed by atoms with Gasteiger partial charge in [-0.05, 0) is 11.6 Å². The summed E-state index contributed by atoms with van der Waals surface area (Å²) in [4.78, 5) is 17.3. The van der Waals surface area contributed by atoms with E-state index in [1.165, 1.54) is 6.92 Å². The molecule has 0 bridgehead atoms. The van der Waals surface area contributed by atoms with Crippen LogP contribution in [0.1, 0.15) is 12.5 Å². The number of carbonyl (C=O) groups is 1. The minimum atomic E-state index is -4.57. The zero-order valence-electron chi connectivity index (χ0n) is 9.31. The zero-order valence-corrected chi connectivity index (χ0v) is 10.1. The summed E-state index contributed by atoms with van der Waals surface area (Å²) < 4.78 is 37.8. The molecule has 100 valence electrons. The highest BCUT2D eigenvalue weighted by molar-refractivity contribution is 6.28. The van der Waals surface area contributed by atoms with Crippen molar-refractivity contribution in [3.8, 4) is 0 Å². The van der Waals surface area contributed by atoms with E-state index in [4.69, 9.17) is 11.6 Å². The molecule has 5 nitrogen and oxygen atoms in total. The quantitative estimate of drug-likeness (QED) is 0.651. The predicted molar refractivity (Wildman–Crippen MR) is 59.2 cm³/mol. The van der Waals surface area contributed by atoms with E-state index in [0.29, 0.717) is 6.20 Å². The molecule has 1 amide bonds. The van der Waals surface area contributed by atoms with Gasteiger partial charge in [0.1, 0.15) is 11.4 Å². The lowest BCUT2D eigenvalue weighted by Gasteiger charge is -2.13. The third kappa shape index (κ3) is 4.36. The Bertz CT molecular complexity index is 438. The highest BCUT2D eigenvalue weighted by atomic mass is 35.5. The van der Waals surface area contributed by atoms with Crippen molar-refractivity contribution in [2.24, 2.45) is 0 Å². The Morgan fingerprint density at radius 1 is 1.44 bits per heavy atom. The van der Waals surface area contributed by atoms with Crippen LogP contribution in [0.25, 0.3) is 0 Å². The number of halogens is 4. The molecule has 0 unspecified atom stereocenters. The van der Waals surface area contributed by atoms with Gasteiger partial charge >= 0.3 is 6.18 Å². The largest absolute Gasteiger partial charge is 0.421 e. The second kappa shape index (κ2) is 5.85. The Kier molecular flexibility index (Phi) is 4.71. The Morgan fingerprint density at radius 2 is 2.11 bits per heavy atom. The van der Waals surface area contributed by atoms with Crippen LogP contribution in [0.4, 0.5) is 19.0 Å². The first-order chi connectivity index (χ1) is 8.30. The number of anilines is 1. The first-order valence-corrected chi connectivity index (χ1v) is 5.26. The average Bonchev–Trinajstić information content (AvgIpc) is 2.22. The number of hydrogen-bond acceptors (Lipinski definition) is 4. The Balaban J connectivity index is 2.74. The number of rotatable bonds is 4. The predicted octanol–water partition coefficient (Wildman–Crippen LogP) is 1.70. The normalized spacial score (nSPS) is 11.2. The van der Waals surface area contributed by atoms with Crippen LogP contribution in [0.5, 0.6) is 0 Å². The Hall–Kier alpha value is -1.57. The molecule has 1 aromatic rings. The lowest BCUT2D eigenvalue weighted by Crippen LogP contribution is -2.27. The van der Waals surface area contributed by atoms with Crippen molar-refractivity contribution >= 4 is 23.3 Å². The van der Waals surface area contributed by atoms with Gasteiger partial charge < -0.3 is 10.6 Å². The maximum absolute atomic E-state index is 12.6. The van der Waals surface area contributed by atoms with Crippen LogP contribution in [-0.2, 0) is 11.0 Å². The Morgan fingerprint density at radius 3 is 2.67 bits per heavy atom. The summed E-state index contributed by atoms with van der Waals surface area (Å²) in [6.07, 6.45) is -3.96. The second-order valence-electron chi connectivity index (χ2n) is 3.31. The summed E-state index contributed by atoms with van der Waals surface area (Å²) in [6, 6.07) is 0. The van der Waals surface area contributed by atoms with E-state index in [-0.39, 0.29) is 24.3 Å². The van der Waals surface area contributed by atoms with Gasteiger partial charge in [-0.2, -0.15) is 13.2 Å². The fourth-order valence-electron chi connectivity index (χ4n) is 1.12. The molecule has 1 aromatic heterocycles. The van der Waals surface area contributed by atoms with Crippen molar-refractivity contribution in [3.05, 3.63) is 17.0 Å². The molecule has 0 aromatic carbocycles. The molecule has 0 saturated heterocycles. The van der Waals surface area contributed by atoms with Crippen LogP contribution in [0, 0.1) is 0 Å². The van der Waals surface area contributed by atoms with Gasteiger partial charge in [-0.3, -0.25) is 4.79 Å². The van der Waals surface area contributed by atoms with Crippen molar-refractivity contribution in [2.75, 3.05) is 18.4 Å². The van der Waals surface area contributed by atoms with Crippen molar-refractivity contribution in [2.45, 2.75) is 13.1 Å². The van der Waals surface area contributed by atoms with Gasteiger partial charge in [0.05, 0.1) is 0 Å². The van der Waals surface area contributed by atoms with Crippen LogP contribution >= 0.6 is 11.6 Å². The molecule has 0 radical (unpaired) electrons. The van der Waals surface area contributed by atoms with E-state index in [2.05, 4.69) is 20.6 Å². The smallest absolute Gasteiger partial charge is 0.368 e. The minimum absolute atomic E-state index is 0.0933. The van der Waals surface area contributed by atoms with Gasteiger partial charge in [0.15, 0.2) is 0 Å². The maximum atomic E-state index is 12.6. The molecule has 0 atom stereocenters. The summed E-state index contributed by atoms with van der Waals surface area (Å²) in [5.74, 6) is -0.679. The molecule has 0 spiro atoms. The van der Waals surface area contributed by atoms with Crippen LogP contribution in [0.2, 0.25) is 5.28 Å². The van der Waals surface area contributed by atoms with Crippen LogP contribution < -0.4 is 10.6 Å². The third-order valence-electron chi connectivity index (χ3n) is 1.86. The third-order valence-corrected chi connectivity index (χ3v) is 2.04. The number of nitrogens with zero attached hydrogens (tertiary/aromatic N) is 2. The van der Waals surface area contributed by atoms with E-state index in [0.717, 1.165) is 0 Å². The molecule has 1 rings (SSSR count). The number of aromatic nitrogens is 2.